The summed E-state index contributed by atoms with van der Waals surface area (Å²) in [5.41, 5.74) is 4.82. The molecular weight excluding hydrogens is 160 g/mol. The molecule has 0 atom stereocenters. The molecule has 0 aliphatic carbocycles. The maximum atomic E-state index is 11.0. The van der Waals surface area contributed by atoms with Crippen molar-refractivity contribution in [3.8, 4) is 0 Å². The maximum Gasteiger partial charge on any atom is 0.263 e. The van der Waals surface area contributed by atoms with Crippen LogP contribution in [0.4, 0.5) is 0 Å². The minimum absolute atomic E-state index is 0.0312. The Labute approximate surface area is 68.6 Å². The van der Waals surface area contributed by atoms with Gasteiger partial charge in [0.1, 0.15) is 6.26 Å². The predicted molar refractivity (Wildman–Crippen MR) is 38.9 cm³/mol. The van der Waals surface area contributed by atoms with Crippen molar-refractivity contribution in [3.63, 3.8) is 0 Å². The maximum absolute atomic E-state index is 11.0. The van der Waals surface area contributed by atoms with Crippen LogP contribution in [-0.4, -0.2) is 16.7 Å². The van der Waals surface area contributed by atoms with Crippen LogP contribution in [0.3, 0.4) is 0 Å². The van der Waals surface area contributed by atoms with E-state index in [1.54, 1.807) is 0 Å². The SMILES string of the molecule is NC(=O)C[CH]C(=O)c1ncco1. The highest BCUT2D eigenvalue weighted by atomic mass is 16.3. The number of carbonyl (C=O) groups is 2. The van der Waals surface area contributed by atoms with E-state index in [1.165, 1.54) is 12.5 Å². The molecule has 1 aromatic rings. The van der Waals surface area contributed by atoms with Crippen molar-refractivity contribution in [3.05, 3.63) is 24.8 Å². The number of rotatable bonds is 4. The van der Waals surface area contributed by atoms with Crippen LogP contribution in [0.5, 0.6) is 0 Å². The molecule has 1 rings (SSSR count). The average molecular weight is 167 g/mol. The van der Waals surface area contributed by atoms with Gasteiger partial charge in [0, 0.05) is 12.8 Å². The highest BCUT2D eigenvalue weighted by molar-refractivity contribution is 6.01. The monoisotopic (exact) mass is 167 g/mol. The van der Waals surface area contributed by atoms with Gasteiger partial charge in [0.2, 0.25) is 11.7 Å². The van der Waals surface area contributed by atoms with Gasteiger partial charge in [-0.15, -0.1) is 0 Å². The van der Waals surface area contributed by atoms with Crippen molar-refractivity contribution in [2.45, 2.75) is 6.42 Å². The van der Waals surface area contributed by atoms with Gasteiger partial charge < -0.3 is 10.2 Å². The Kier molecular flexibility index (Phi) is 2.57. The van der Waals surface area contributed by atoms with Crippen LogP contribution < -0.4 is 5.73 Å². The number of Topliss-reactive ketones (excluding diaryl/α,β-unsaturated/α-hetero) is 1. The minimum Gasteiger partial charge on any atom is -0.442 e. The molecule has 2 N–H and O–H groups in total. The van der Waals surface area contributed by atoms with Gasteiger partial charge in [0.25, 0.3) is 5.89 Å². The molecule has 63 valence electrons. The van der Waals surface area contributed by atoms with Crippen molar-refractivity contribution >= 4 is 11.7 Å². The molecule has 1 radical (unpaired) electrons. The standard InChI is InChI=1S/C7H7N2O3/c8-6(11)2-1-5(10)7-9-3-4-12-7/h1,3-4H,2H2,(H2,8,11). The number of primary amides is 1. The summed E-state index contributed by atoms with van der Waals surface area (Å²) in [6.07, 6.45) is 3.67. The number of aromatic nitrogens is 1. The fourth-order valence-electron chi connectivity index (χ4n) is 0.626. The highest BCUT2D eigenvalue weighted by Crippen LogP contribution is 2.00. The van der Waals surface area contributed by atoms with E-state index in [9.17, 15) is 9.59 Å². The van der Waals surface area contributed by atoms with Crippen LogP contribution in [0.15, 0.2) is 16.9 Å². The first-order chi connectivity index (χ1) is 5.70. The number of nitrogens with two attached hydrogens (primary N) is 1. The molecule has 0 saturated heterocycles. The number of oxazole rings is 1. The van der Waals surface area contributed by atoms with Gasteiger partial charge in [-0.3, -0.25) is 9.59 Å². The lowest BCUT2D eigenvalue weighted by molar-refractivity contribution is -0.117. The van der Waals surface area contributed by atoms with Crippen LogP contribution in [0.1, 0.15) is 17.1 Å². The molecule has 0 bridgehead atoms. The van der Waals surface area contributed by atoms with Crippen molar-refractivity contribution in [2.75, 3.05) is 0 Å². The fourth-order valence-corrected chi connectivity index (χ4v) is 0.626. The Hall–Kier alpha value is -1.65. The number of ketones is 1. The summed E-state index contributed by atoms with van der Waals surface area (Å²) in [7, 11) is 0. The van der Waals surface area contributed by atoms with Crippen molar-refractivity contribution < 1.29 is 14.0 Å². The van der Waals surface area contributed by atoms with Crippen LogP contribution >= 0.6 is 0 Å². The Bertz CT molecular complexity index is 279. The van der Waals surface area contributed by atoms with Crippen LogP contribution in [0.25, 0.3) is 0 Å². The van der Waals surface area contributed by atoms with Crippen molar-refractivity contribution in [2.24, 2.45) is 5.73 Å². The Morgan fingerprint density at radius 3 is 2.92 bits per heavy atom. The molecule has 5 heteroatoms. The third-order valence-corrected chi connectivity index (χ3v) is 1.13. The van der Waals surface area contributed by atoms with Gasteiger partial charge in [-0.1, -0.05) is 0 Å². The van der Waals surface area contributed by atoms with Crippen LogP contribution in [-0.2, 0) is 4.79 Å². The van der Waals surface area contributed by atoms with Gasteiger partial charge in [-0.05, 0) is 0 Å². The molecule has 1 aromatic heterocycles. The summed E-state index contributed by atoms with van der Waals surface area (Å²) in [5.74, 6) is -1.02. The van der Waals surface area contributed by atoms with Gasteiger partial charge in [-0.25, -0.2) is 4.98 Å². The quantitative estimate of drug-likeness (QED) is 0.636. The van der Waals surface area contributed by atoms with Gasteiger partial charge >= 0.3 is 0 Å². The van der Waals surface area contributed by atoms with Crippen LogP contribution in [0.2, 0.25) is 0 Å². The number of amides is 1. The number of carbonyl (C=O) groups excluding carboxylic acids is 2. The van der Waals surface area contributed by atoms with Gasteiger partial charge in [0.15, 0.2) is 0 Å². The molecule has 0 aromatic carbocycles. The number of hydrogen-bond acceptors (Lipinski definition) is 4. The highest BCUT2D eigenvalue weighted by Gasteiger charge is 2.11. The summed E-state index contributed by atoms with van der Waals surface area (Å²) in [6.45, 7) is 0. The Morgan fingerprint density at radius 1 is 1.67 bits per heavy atom. The second-order valence-corrected chi connectivity index (χ2v) is 2.08. The van der Waals surface area contributed by atoms with Crippen LogP contribution in [0, 0.1) is 6.42 Å². The summed E-state index contributed by atoms with van der Waals surface area (Å²) in [4.78, 5) is 24.8. The predicted octanol–water partition coefficient (Wildman–Crippen LogP) is -0.0630. The fraction of sp³-hybridized carbons (Fsp3) is 0.143. The normalized spacial score (nSPS) is 9.67. The third-order valence-electron chi connectivity index (χ3n) is 1.13. The second kappa shape index (κ2) is 3.66. The molecule has 0 aliphatic rings. The van der Waals surface area contributed by atoms with E-state index in [-0.39, 0.29) is 12.3 Å². The van der Waals surface area contributed by atoms with E-state index in [0.29, 0.717) is 0 Å². The number of hydrogen-bond donors (Lipinski definition) is 1. The molecule has 0 fully saturated rings. The lowest BCUT2D eigenvalue weighted by Gasteiger charge is -1.91. The van der Waals surface area contributed by atoms with E-state index < -0.39 is 11.7 Å². The molecule has 0 saturated carbocycles. The Balaban J connectivity index is 2.45. The van der Waals surface area contributed by atoms with E-state index in [0.717, 1.165) is 6.42 Å². The summed E-state index contributed by atoms with van der Waals surface area (Å²) in [5, 5.41) is 0. The second-order valence-electron chi connectivity index (χ2n) is 2.08. The minimum atomic E-state index is -0.560. The molecule has 12 heavy (non-hydrogen) atoms. The molecular formula is C7H7N2O3. The van der Waals surface area contributed by atoms with Crippen molar-refractivity contribution in [1.82, 2.24) is 4.98 Å². The van der Waals surface area contributed by atoms with Crippen molar-refractivity contribution in [1.29, 1.82) is 0 Å². The zero-order chi connectivity index (χ0) is 8.97. The summed E-state index contributed by atoms with van der Waals surface area (Å²) >= 11 is 0. The molecule has 1 heterocycles. The van der Waals surface area contributed by atoms with E-state index in [4.69, 9.17) is 5.73 Å². The van der Waals surface area contributed by atoms with Gasteiger partial charge in [0.05, 0.1) is 6.20 Å². The summed E-state index contributed by atoms with van der Waals surface area (Å²) < 4.78 is 4.68. The first-order valence-electron chi connectivity index (χ1n) is 3.25. The number of nitrogens with zero attached hydrogens (tertiary/aromatic N) is 1. The zero-order valence-corrected chi connectivity index (χ0v) is 6.19. The van der Waals surface area contributed by atoms with Gasteiger partial charge in [-0.2, -0.15) is 0 Å². The van der Waals surface area contributed by atoms with E-state index >= 15 is 0 Å². The molecule has 5 nitrogen and oxygen atoms in total. The van der Waals surface area contributed by atoms with E-state index in [2.05, 4.69) is 9.40 Å². The first kappa shape index (κ1) is 8.45. The molecule has 0 spiro atoms. The third kappa shape index (κ3) is 2.19. The lowest BCUT2D eigenvalue weighted by Crippen LogP contribution is -2.13. The average Bonchev–Trinajstić information content (AvgIpc) is 2.51. The summed E-state index contributed by atoms with van der Waals surface area (Å²) in [6, 6.07) is 0. The zero-order valence-electron chi connectivity index (χ0n) is 6.19. The Morgan fingerprint density at radius 2 is 2.42 bits per heavy atom. The molecule has 1 amide bonds. The molecule has 0 aliphatic heterocycles. The molecule has 0 unspecified atom stereocenters. The lowest BCUT2D eigenvalue weighted by atomic mass is 10.2. The van der Waals surface area contributed by atoms with E-state index in [1.807, 2.05) is 0 Å². The largest absolute Gasteiger partial charge is 0.442 e. The smallest absolute Gasteiger partial charge is 0.263 e. The first-order valence-corrected chi connectivity index (χ1v) is 3.25. The topological polar surface area (TPSA) is 86.2 Å².